The molecular weight excluding hydrogens is 237 g/mol. The Balaban J connectivity index is -0.000000720. The van der Waals surface area contributed by atoms with Gasteiger partial charge in [-0.05, 0) is 13.3 Å². The molecule has 0 spiro atoms. The second-order valence-electron chi connectivity index (χ2n) is 2.78. The molecule has 0 aromatic carbocycles. The Kier molecular flexibility index (Phi) is 21.1. The molecular formula is C8H21Na2O4P. The molecule has 0 aliphatic heterocycles. The van der Waals surface area contributed by atoms with E-state index < -0.39 is 7.82 Å². The van der Waals surface area contributed by atoms with Crippen molar-refractivity contribution in [1.82, 2.24) is 0 Å². The molecule has 0 fully saturated rings. The third kappa shape index (κ3) is 16.1. The van der Waals surface area contributed by atoms with Crippen molar-refractivity contribution in [3.8, 4) is 0 Å². The number of rotatable bonds is 8. The molecule has 4 nitrogen and oxygen atoms in total. The quantitative estimate of drug-likeness (QED) is 0.406. The zero-order chi connectivity index (χ0) is 10.2. The molecule has 1 atom stereocenters. The maximum atomic E-state index is 11.0. The fourth-order valence-electron chi connectivity index (χ4n) is 0.909. The molecule has 0 aromatic heterocycles. The third-order valence-corrected chi connectivity index (χ3v) is 2.64. The van der Waals surface area contributed by atoms with Crippen molar-refractivity contribution in [2.24, 2.45) is 0 Å². The van der Waals surface area contributed by atoms with Crippen LogP contribution < -0.4 is 0 Å². The van der Waals surface area contributed by atoms with Gasteiger partial charge in [-0.25, -0.2) is 4.57 Å². The van der Waals surface area contributed by atoms with Crippen LogP contribution in [0.5, 0.6) is 0 Å². The molecule has 15 heavy (non-hydrogen) atoms. The summed E-state index contributed by atoms with van der Waals surface area (Å²) >= 11 is 0. The monoisotopic (exact) mass is 258 g/mol. The number of phosphoric ester groups is 1. The van der Waals surface area contributed by atoms with Crippen LogP contribution >= 0.6 is 7.82 Å². The maximum absolute atomic E-state index is 11.0. The number of hydrogen-bond acceptors (Lipinski definition) is 3. The Morgan fingerprint density at radius 2 is 1.67 bits per heavy atom. The molecule has 1 unspecified atom stereocenters. The standard InChI is InChI=1S/C8H19O4P.2Na.2H/c1-3-5-6-7-8-12-13(9,10)11-4-2;;;;/h3-8H2,1-2H3,(H,9,10);;;;. The van der Waals surface area contributed by atoms with Gasteiger partial charge in [0.2, 0.25) is 0 Å². The Morgan fingerprint density at radius 1 is 1.07 bits per heavy atom. The average Bonchev–Trinajstić information content (AvgIpc) is 2.04. The second-order valence-corrected chi connectivity index (χ2v) is 4.23. The molecule has 84 valence electrons. The van der Waals surface area contributed by atoms with E-state index in [-0.39, 0.29) is 65.7 Å². The normalized spacial score (nSPS) is 13.5. The summed E-state index contributed by atoms with van der Waals surface area (Å²) in [6.07, 6.45) is 4.12. The molecule has 0 aliphatic carbocycles. The Bertz CT molecular complexity index is 169. The van der Waals surface area contributed by atoms with Crippen LogP contribution in [0.3, 0.4) is 0 Å². The first-order valence-electron chi connectivity index (χ1n) is 4.74. The molecule has 0 saturated carbocycles. The van der Waals surface area contributed by atoms with Crippen LogP contribution in [0.4, 0.5) is 0 Å². The molecule has 0 heterocycles. The van der Waals surface area contributed by atoms with Gasteiger partial charge in [-0.15, -0.1) is 0 Å². The van der Waals surface area contributed by atoms with Crippen LogP contribution in [0, 0.1) is 0 Å². The summed E-state index contributed by atoms with van der Waals surface area (Å²) in [6, 6.07) is 0. The van der Waals surface area contributed by atoms with E-state index in [0.29, 0.717) is 6.61 Å². The molecule has 0 bridgehead atoms. The topological polar surface area (TPSA) is 55.8 Å². The van der Waals surface area contributed by atoms with Gasteiger partial charge < -0.3 is 4.89 Å². The molecule has 0 aromatic rings. The van der Waals surface area contributed by atoms with Gasteiger partial charge in [0.15, 0.2) is 0 Å². The van der Waals surface area contributed by atoms with Crippen molar-refractivity contribution < 1.29 is 18.5 Å². The number of phosphoric acid groups is 1. The minimum absolute atomic E-state index is 0. The second kappa shape index (κ2) is 14.2. The summed E-state index contributed by atoms with van der Waals surface area (Å²) in [4.78, 5) is 8.98. The Morgan fingerprint density at radius 3 is 2.13 bits per heavy atom. The van der Waals surface area contributed by atoms with Crippen molar-refractivity contribution in [1.29, 1.82) is 0 Å². The summed E-state index contributed by atoms with van der Waals surface area (Å²) < 4.78 is 20.2. The SMILES string of the molecule is CCCCCCOP(=O)(O)OCC.[NaH].[NaH]. The molecule has 0 aliphatic rings. The van der Waals surface area contributed by atoms with Crippen molar-refractivity contribution >= 4 is 66.9 Å². The summed E-state index contributed by atoms with van der Waals surface area (Å²) in [5.74, 6) is 0. The summed E-state index contributed by atoms with van der Waals surface area (Å²) in [5.41, 5.74) is 0. The third-order valence-electron chi connectivity index (χ3n) is 1.54. The molecule has 1 N–H and O–H groups in total. The van der Waals surface area contributed by atoms with Gasteiger partial charge in [0.05, 0.1) is 13.2 Å². The van der Waals surface area contributed by atoms with Gasteiger partial charge in [-0.3, -0.25) is 9.05 Å². The minimum atomic E-state index is -3.74. The number of hydrogen-bond donors (Lipinski definition) is 1. The molecule has 0 rings (SSSR count). The van der Waals surface area contributed by atoms with E-state index in [1.165, 1.54) is 0 Å². The summed E-state index contributed by atoms with van der Waals surface area (Å²) in [7, 11) is -3.74. The van der Waals surface area contributed by atoms with E-state index >= 15 is 0 Å². The van der Waals surface area contributed by atoms with Crippen LogP contribution in [0.1, 0.15) is 39.5 Å². The van der Waals surface area contributed by atoms with Crippen LogP contribution in [-0.4, -0.2) is 77.2 Å². The Hall–Kier alpha value is 2.11. The first-order valence-corrected chi connectivity index (χ1v) is 6.23. The molecule has 0 radical (unpaired) electrons. The van der Waals surface area contributed by atoms with E-state index in [1.807, 2.05) is 0 Å². The van der Waals surface area contributed by atoms with Crippen molar-refractivity contribution in [2.45, 2.75) is 39.5 Å². The van der Waals surface area contributed by atoms with Crippen molar-refractivity contribution in [3.05, 3.63) is 0 Å². The molecule has 7 heteroatoms. The summed E-state index contributed by atoms with van der Waals surface area (Å²) in [6.45, 7) is 4.26. The zero-order valence-electron chi connectivity index (χ0n) is 8.36. The van der Waals surface area contributed by atoms with Gasteiger partial charge in [-0.1, -0.05) is 26.2 Å². The van der Waals surface area contributed by atoms with Gasteiger partial charge >= 0.3 is 66.9 Å². The van der Waals surface area contributed by atoms with E-state index in [1.54, 1.807) is 6.92 Å². The van der Waals surface area contributed by atoms with Crippen LogP contribution in [-0.2, 0) is 13.6 Å². The average molecular weight is 258 g/mol. The predicted octanol–water partition coefficient (Wildman–Crippen LogP) is 1.42. The fourth-order valence-corrected chi connectivity index (χ4v) is 1.67. The van der Waals surface area contributed by atoms with Gasteiger partial charge in [0.1, 0.15) is 0 Å². The van der Waals surface area contributed by atoms with Gasteiger partial charge in [0, 0.05) is 0 Å². The van der Waals surface area contributed by atoms with E-state index in [0.717, 1.165) is 25.7 Å². The van der Waals surface area contributed by atoms with Crippen molar-refractivity contribution in [3.63, 3.8) is 0 Å². The zero-order valence-corrected chi connectivity index (χ0v) is 9.26. The van der Waals surface area contributed by atoms with E-state index in [9.17, 15) is 4.57 Å². The predicted molar refractivity (Wildman–Crippen MR) is 65.8 cm³/mol. The number of unbranched alkanes of at least 4 members (excludes halogenated alkanes) is 3. The molecule has 0 saturated heterocycles. The van der Waals surface area contributed by atoms with Crippen LogP contribution in [0.2, 0.25) is 0 Å². The first kappa shape index (κ1) is 22.3. The van der Waals surface area contributed by atoms with Gasteiger partial charge in [-0.2, -0.15) is 0 Å². The molecule has 0 amide bonds. The summed E-state index contributed by atoms with van der Waals surface area (Å²) in [5, 5.41) is 0. The first-order chi connectivity index (χ1) is 6.12. The van der Waals surface area contributed by atoms with Crippen molar-refractivity contribution in [2.75, 3.05) is 13.2 Å². The van der Waals surface area contributed by atoms with E-state index in [4.69, 9.17) is 9.42 Å². The van der Waals surface area contributed by atoms with E-state index in [2.05, 4.69) is 11.4 Å². The fraction of sp³-hybridized carbons (Fsp3) is 1.00. The Labute approximate surface area is 137 Å². The van der Waals surface area contributed by atoms with Crippen LogP contribution in [0.15, 0.2) is 0 Å². The van der Waals surface area contributed by atoms with Gasteiger partial charge in [0.25, 0.3) is 0 Å². The van der Waals surface area contributed by atoms with Crippen LogP contribution in [0.25, 0.3) is 0 Å².